The van der Waals surface area contributed by atoms with Crippen molar-refractivity contribution in [3.63, 3.8) is 0 Å². The molecule has 194 valence electrons. The molecule has 3 heterocycles. The van der Waals surface area contributed by atoms with E-state index in [1.807, 2.05) is 48.7 Å². The van der Waals surface area contributed by atoms with Crippen LogP contribution in [0.3, 0.4) is 0 Å². The van der Waals surface area contributed by atoms with E-state index in [1.54, 1.807) is 18.5 Å². The van der Waals surface area contributed by atoms with E-state index in [0.29, 0.717) is 24.5 Å². The molecule has 1 aliphatic heterocycles. The molecule has 2 aromatic carbocycles. The maximum absolute atomic E-state index is 13.0. The van der Waals surface area contributed by atoms with Crippen molar-refractivity contribution in [1.29, 1.82) is 0 Å². The van der Waals surface area contributed by atoms with Crippen molar-refractivity contribution in [1.82, 2.24) is 9.55 Å². The van der Waals surface area contributed by atoms with Crippen molar-refractivity contribution >= 4 is 23.4 Å². The number of hydrogen-bond donors (Lipinski definition) is 0. The third-order valence-corrected chi connectivity index (χ3v) is 6.43. The maximum atomic E-state index is 13.0. The summed E-state index contributed by atoms with van der Waals surface area (Å²) in [6, 6.07) is 17.0. The summed E-state index contributed by atoms with van der Waals surface area (Å²) >= 11 is 0. The number of benzene rings is 2. The number of rotatable bonds is 7. The lowest BCUT2D eigenvalue weighted by molar-refractivity contribution is -0.137. The van der Waals surface area contributed by atoms with Crippen LogP contribution < -0.4 is 4.74 Å². The Kier molecular flexibility index (Phi) is 7.68. The first-order chi connectivity index (χ1) is 17.3. The summed E-state index contributed by atoms with van der Waals surface area (Å²) in [5, 5.41) is 0. The minimum atomic E-state index is -4.37. The average Bonchev–Trinajstić information content (AvgIpc) is 3.49. The summed E-state index contributed by atoms with van der Waals surface area (Å²) in [6.45, 7) is 4.47. The SMILES string of the molecule is Cc1c(C)n(Cc2ccc(C(F)(F)F)cc2)c2c(OC(Cc3ccccc3)C3=COCO3)ccnc12.Cl. The van der Waals surface area contributed by atoms with E-state index in [0.717, 1.165) is 45.6 Å². The van der Waals surface area contributed by atoms with Gasteiger partial charge in [0, 0.05) is 30.9 Å². The van der Waals surface area contributed by atoms with E-state index in [9.17, 15) is 13.2 Å². The highest BCUT2D eigenvalue weighted by Gasteiger charge is 2.30. The van der Waals surface area contributed by atoms with Crippen LogP contribution in [0, 0.1) is 13.8 Å². The van der Waals surface area contributed by atoms with Crippen molar-refractivity contribution in [3.05, 3.63) is 107 Å². The fourth-order valence-electron chi connectivity index (χ4n) is 4.39. The van der Waals surface area contributed by atoms with Crippen LogP contribution in [-0.4, -0.2) is 22.4 Å². The number of halogens is 4. The first kappa shape index (κ1) is 26.4. The molecular weight excluding hydrogens is 505 g/mol. The van der Waals surface area contributed by atoms with E-state index < -0.39 is 17.8 Å². The number of ether oxygens (including phenoxy) is 3. The van der Waals surface area contributed by atoms with Crippen molar-refractivity contribution in [2.75, 3.05) is 6.79 Å². The summed E-state index contributed by atoms with van der Waals surface area (Å²) in [4.78, 5) is 4.58. The molecule has 5 nitrogen and oxygen atoms in total. The van der Waals surface area contributed by atoms with Gasteiger partial charge >= 0.3 is 6.18 Å². The minimum Gasteiger partial charge on any atom is -0.480 e. The van der Waals surface area contributed by atoms with Gasteiger partial charge in [0.15, 0.2) is 11.9 Å². The van der Waals surface area contributed by atoms with Crippen LogP contribution in [-0.2, 0) is 28.6 Å². The molecule has 0 radical (unpaired) electrons. The van der Waals surface area contributed by atoms with Crippen LogP contribution in [0.15, 0.2) is 78.9 Å². The number of pyridine rings is 1. The summed E-state index contributed by atoms with van der Waals surface area (Å²) in [5.41, 5.74) is 4.68. The highest BCUT2D eigenvalue weighted by Crippen LogP contribution is 2.34. The van der Waals surface area contributed by atoms with Gasteiger partial charge in [-0.2, -0.15) is 13.2 Å². The van der Waals surface area contributed by atoms with E-state index in [1.165, 1.54) is 12.1 Å². The highest BCUT2D eigenvalue weighted by molar-refractivity contribution is 5.86. The Morgan fingerprint density at radius 2 is 1.73 bits per heavy atom. The molecule has 0 spiro atoms. The minimum absolute atomic E-state index is 0. The van der Waals surface area contributed by atoms with Gasteiger partial charge in [-0.3, -0.25) is 4.98 Å². The molecule has 9 heteroatoms. The predicted octanol–water partition coefficient (Wildman–Crippen LogP) is 6.98. The van der Waals surface area contributed by atoms with Gasteiger partial charge in [0.2, 0.25) is 6.79 Å². The fourth-order valence-corrected chi connectivity index (χ4v) is 4.39. The van der Waals surface area contributed by atoms with Gasteiger partial charge in [0.1, 0.15) is 17.5 Å². The van der Waals surface area contributed by atoms with Crippen LogP contribution in [0.4, 0.5) is 13.2 Å². The Hall–Kier alpha value is -3.65. The molecule has 0 bridgehead atoms. The van der Waals surface area contributed by atoms with E-state index in [4.69, 9.17) is 14.2 Å². The number of fused-ring (bicyclic) bond motifs is 1. The number of hydrogen-bond acceptors (Lipinski definition) is 4. The number of nitrogens with zero attached hydrogens (tertiary/aromatic N) is 2. The lowest BCUT2D eigenvalue weighted by Crippen LogP contribution is -2.23. The molecule has 2 aromatic heterocycles. The molecule has 5 rings (SSSR count). The predicted molar refractivity (Wildman–Crippen MR) is 137 cm³/mol. The Bertz CT molecular complexity index is 1400. The molecular formula is C28H26ClF3N2O3. The van der Waals surface area contributed by atoms with Crippen molar-refractivity contribution < 1.29 is 27.4 Å². The molecule has 0 fully saturated rings. The van der Waals surface area contributed by atoms with Gasteiger partial charge in [0.05, 0.1) is 11.1 Å². The molecule has 0 amide bonds. The molecule has 0 saturated heterocycles. The normalized spacial score (nSPS) is 13.9. The van der Waals surface area contributed by atoms with Crippen LogP contribution >= 0.6 is 12.4 Å². The molecule has 1 unspecified atom stereocenters. The van der Waals surface area contributed by atoms with Crippen molar-refractivity contribution in [3.8, 4) is 5.75 Å². The van der Waals surface area contributed by atoms with Crippen molar-refractivity contribution in [2.45, 2.75) is 39.1 Å². The number of aromatic nitrogens is 2. The second-order valence-electron chi connectivity index (χ2n) is 8.74. The second kappa shape index (κ2) is 10.8. The Morgan fingerprint density at radius 3 is 2.38 bits per heavy atom. The molecule has 0 N–H and O–H groups in total. The fraction of sp³-hybridized carbons (Fsp3) is 0.250. The van der Waals surface area contributed by atoms with E-state index in [-0.39, 0.29) is 19.2 Å². The Morgan fingerprint density at radius 1 is 1.00 bits per heavy atom. The third-order valence-electron chi connectivity index (χ3n) is 6.43. The van der Waals surface area contributed by atoms with Crippen LogP contribution in [0.5, 0.6) is 5.75 Å². The summed E-state index contributed by atoms with van der Waals surface area (Å²) < 4.78 is 58.6. The topological polar surface area (TPSA) is 45.5 Å². The van der Waals surface area contributed by atoms with Gasteiger partial charge in [0.25, 0.3) is 0 Å². The zero-order valence-corrected chi connectivity index (χ0v) is 21.1. The highest BCUT2D eigenvalue weighted by atomic mass is 35.5. The number of aryl methyl sites for hydroxylation is 1. The van der Waals surface area contributed by atoms with Crippen LogP contribution in [0.2, 0.25) is 0 Å². The molecule has 1 atom stereocenters. The Labute approximate surface area is 218 Å². The zero-order valence-electron chi connectivity index (χ0n) is 20.3. The van der Waals surface area contributed by atoms with Gasteiger partial charge in [-0.25, -0.2) is 0 Å². The lowest BCUT2D eigenvalue weighted by atomic mass is 10.1. The smallest absolute Gasteiger partial charge is 0.416 e. The van der Waals surface area contributed by atoms with Gasteiger partial charge in [-0.15, -0.1) is 12.4 Å². The first-order valence-electron chi connectivity index (χ1n) is 11.6. The summed E-state index contributed by atoms with van der Waals surface area (Å²) in [7, 11) is 0. The van der Waals surface area contributed by atoms with Gasteiger partial charge < -0.3 is 18.8 Å². The average molecular weight is 531 g/mol. The van der Waals surface area contributed by atoms with Gasteiger partial charge in [-0.05, 0) is 42.7 Å². The van der Waals surface area contributed by atoms with Crippen LogP contribution in [0.1, 0.15) is 27.9 Å². The van der Waals surface area contributed by atoms with E-state index in [2.05, 4.69) is 4.98 Å². The number of alkyl halides is 3. The first-order valence-corrected chi connectivity index (χ1v) is 11.6. The van der Waals surface area contributed by atoms with Gasteiger partial charge in [-0.1, -0.05) is 42.5 Å². The molecule has 37 heavy (non-hydrogen) atoms. The molecule has 4 aromatic rings. The summed E-state index contributed by atoms with van der Waals surface area (Å²) in [6.07, 6.45) is -0.964. The van der Waals surface area contributed by atoms with Crippen LogP contribution in [0.25, 0.3) is 11.0 Å². The standard InChI is InChI=1S/C28H25F3N2O3.ClH/c1-18-19(2)33(15-21-8-10-22(11-9-21)28(29,30)31)27-23(12-13-32-26(18)27)36-24(25-16-34-17-35-25)14-20-6-4-3-5-7-20;/h3-13,16,24H,14-15,17H2,1-2H3;1H. The Balaban J connectivity index is 0.00000320. The molecule has 0 saturated carbocycles. The molecule has 1 aliphatic rings. The largest absolute Gasteiger partial charge is 0.480 e. The zero-order chi connectivity index (χ0) is 25.3. The maximum Gasteiger partial charge on any atom is 0.416 e. The van der Waals surface area contributed by atoms with Crippen molar-refractivity contribution in [2.24, 2.45) is 0 Å². The van der Waals surface area contributed by atoms with E-state index >= 15 is 0 Å². The monoisotopic (exact) mass is 530 g/mol. The molecule has 0 aliphatic carbocycles. The second-order valence-corrected chi connectivity index (χ2v) is 8.74. The lowest BCUT2D eigenvalue weighted by Gasteiger charge is -2.20. The summed E-state index contributed by atoms with van der Waals surface area (Å²) in [5.74, 6) is 1.21. The third kappa shape index (κ3) is 5.54. The quantitative estimate of drug-likeness (QED) is 0.259.